The second kappa shape index (κ2) is 6.96. The van der Waals surface area contributed by atoms with Crippen molar-refractivity contribution < 1.29 is 28.5 Å². The molecule has 0 unspecified atom stereocenters. The summed E-state index contributed by atoms with van der Waals surface area (Å²) in [6.45, 7) is 13.8. The van der Waals surface area contributed by atoms with Crippen molar-refractivity contribution >= 4 is 14.3 Å². The Morgan fingerprint density at radius 3 is 2.14 bits per heavy atom. The fourth-order valence-electron chi connectivity index (χ4n) is 2.26. The first kappa shape index (κ1) is 19.6. The SMILES string of the molecule is CO[C@@H]1[C@@H](O[Si](C)(C)C(C)(C)C)[C@H](C)O[C@H](O)[C@@H]1OC(C)=O. The zero-order chi connectivity index (χ0) is 17.3. The molecule has 6 nitrogen and oxygen atoms in total. The Bertz CT molecular complexity index is 392. The molecule has 22 heavy (non-hydrogen) atoms. The topological polar surface area (TPSA) is 74.2 Å². The second-order valence-corrected chi connectivity index (χ2v) is 12.1. The van der Waals surface area contributed by atoms with Crippen LogP contribution in [0.1, 0.15) is 34.6 Å². The van der Waals surface area contributed by atoms with Gasteiger partial charge in [-0.3, -0.25) is 4.79 Å². The third-order valence-corrected chi connectivity index (χ3v) is 9.03. The first-order valence-electron chi connectivity index (χ1n) is 7.62. The van der Waals surface area contributed by atoms with Crippen LogP contribution in [0.25, 0.3) is 0 Å². The summed E-state index contributed by atoms with van der Waals surface area (Å²) in [5.74, 6) is -0.490. The van der Waals surface area contributed by atoms with Crippen LogP contribution in [0.5, 0.6) is 0 Å². The van der Waals surface area contributed by atoms with Crippen LogP contribution in [0.3, 0.4) is 0 Å². The number of carbonyl (C=O) groups excluding carboxylic acids is 1. The van der Waals surface area contributed by atoms with Crippen LogP contribution in [0.4, 0.5) is 0 Å². The lowest BCUT2D eigenvalue weighted by Gasteiger charge is -2.47. The van der Waals surface area contributed by atoms with E-state index in [9.17, 15) is 9.90 Å². The number of rotatable bonds is 4. The lowest BCUT2D eigenvalue weighted by molar-refractivity contribution is -0.283. The molecule has 1 heterocycles. The van der Waals surface area contributed by atoms with E-state index in [1.807, 2.05) is 6.92 Å². The molecule has 0 spiro atoms. The van der Waals surface area contributed by atoms with E-state index in [0.717, 1.165) is 0 Å². The van der Waals surface area contributed by atoms with Crippen LogP contribution < -0.4 is 0 Å². The molecule has 0 amide bonds. The highest BCUT2D eigenvalue weighted by atomic mass is 28.4. The molecule has 130 valence electrons. The van der Waals surface area contributed by atoms with Gasteiger partial charge >= 0.3 is 5.97 Å². The minimum Gasteiger partial charge on any atom is -0.454 e. The number of hydrogen-bond acceptors (Lipinski definition) is 6. The maximum atomic E-state index is 11.3. The van der Waals surface area contributed by atoms with Crippen molar-refractivity contribution in [3.8, 4) is 0 Å². The number of methoxy groups -OCH3 is 1. The lowest BCUT2D eigenvalue weighted by atomic mass is 9.99. The Balaban J connectivity index is 3.02. The Kier molecular flexibility index (Phi) is 6.20. The number of carbonyl (C=O) groups is 1. The van der Waals surface area contributed by atoms with Gasteiger partial charge in [-0.05, 0) is 25.1 Å². The normalized spacial score (nSPS) is 33.6. The smallest absolute Gasteiger partial charge is 0.303 e. The van der Waals surface area contributed by atoms with Gasteiger partial charge in [0.2, 0.25) is 0 Å². The summed E-state index contributed by atoms with van der Waals surface area (Å²) in [6.07, 6.45) is -3.45. The predicted molar refractivity (Wildman–Crippen MR) is 85.0 cm³/mol. The standard InChI is InChI=1S/C15H30O6Si/c1-9-11(21-22(7,8)15(3,4)5)12(18-6)13(14(17)19-9)20-10(2)16/h9,11-14,17H,1-8H3/t9-,11-,12+,13+,14-/m0/s1. The van der Waals surface area contributed by atoms with Crippen molar-refractivity contribution in [2.75, 3.05) is 7.11 Å². The molecule has 0 aromatic carbocycles. The van der Waals surface area contributed by atoms with Crippen LogP contribution in [-0.2, 0) is 23.4 Å². The first-order valence-corrected chi connectivity index (χ1v) is 10.5. The minimum absolute atomic E-state index is 0.0258. The molecule has 5 atom stereocenters. The number of ether oxygens (including phenoxy) is 3. The largest absolute Gasteiger partial charge is 0.454 e. The van der Waals surface area contributed by atoms with Gasteiger partial charge in [-0.15, -0.1) is 0 Å². The van der Waals surface area contributed by atoms with Gasteiger partial charge in [0.1, 0.15) is 12.2 Å². The van der Waals surface area contributed by atoms with Gasteiger partial charge in [0, 0.05) is 14.0 Å². The fraction of sp³-hybridized carbons (Fsp3) is 0.933. The van der Waals surface area contributed by atoms with Crippen molar-refractivity contribution in [2.24, 2.45) is 0 Å². The second-order valence-electron chi connectivity index (χ2n) is 7.35. The highest BCUT2D eigenvalue weighted by molar-refractivity contribution is 6.74. The number of aliphatic hydroxyl groups is 1. The monoisotopic (exact) mass is 334 g/mol. The van der Waals surface area contributed by atoms with Gasteiger partial charge in [0.25, 0.3) is 0 Å². The highest BCUT2D eigenvalue weighted by Crippen LogP contribution is 2.39. The Morgan fingerprint density at radius 1 is 1.18 bits per heavy atom. The maximum Gasteiger partial charge on any atom is 0.303 e. The zero-order valence-electron chi connectivity index (χ0n) is 14.9. The third kappa shape index (κ3) is 4.29. The van der Waals surface area contributed by atoms with Crippen molar-refractivity contribution in [1.29, 1.82) is 0 Å². The Labute approximate surface area is 134 Å². The lowest BCUT2D eigenvalue weighted by Crippen LogP contribution is -2.62. The summed E-state index contributed by atoms with van der Waals surface area (Å²) in [7, 11) is -0.544. The molecule has 1 aliphatic rings. The van der Waals surface area contributed by atoms with E-state index in [-0.39, 0.29) is 11.1 Å². The predicted octanol–water partition coefficient (Wildman–Crippen LogP) is 2.06. The average Bonchev–Trinajstić information content (AvgIpc) is 2.33. The molecule has 1 aliphatic heterocycles. The van der Waals surface area contributed by atoms with Gasteiger partial charge in [-0.2, -0.15) is 0 Å². The maximum absolute atomic E-state index is 11.3. The molecule has 0 aliphatic carbocycles. The van der Waals surface area contributed by atoms with E-state index in [2.05, 4.69) is 33.9 Å². The molecule has 0 aromatic heterocycles. The highest BCUT2D eigenvalue weighted by Gasteiger charge is 2.50. The van der Waals surface area contributed by atoms with Crippen LogP contribution in [0, 0.1) is 0 Å². The Hall–Kier alpha value is -0.473. The van der Waals surface area contributed by atoms with Gasteiger partial charge in [-0.1, -0.05) is 20.8 Å². The molecule has 1 rings (SSSR count). The van der Waals surface area contributed by atoms with E-state index in [0.29, 0.717) is 0 Å². The summed E-state index contributed by atoms with van der Waals surface area (Å²) in [5, 5.41) is 10.1. The molecule has 1 N–H and O–H groups in total. The molecular weight excluding hydrogens is 304 g/mol. The van der Waals surface area contributed by atoms with E-state index in [4.69, 9.17) is 18.6 Å². The number of esters is 1. The van der Waals surface area contributed by atoms with Gasteiger partial charge < -0.3 is 23.7 Å². The number of hydrogen-bond donors (Lipinski definition) is 1. The minimum atomic E-state index is -2.07. The summed E-state index contributed by atoms with van der Waals surface area (Å²) in [4.78, 5) is 11.3. The van der Waals surface area contributed by atoms with Crippen molar-refractivity contribution in [3.05, 3.63) is 0 Å². The molecule has 1 fully saturated rings. The van der Waals surface area contributed by atoms with Crippen LogP contribution >= 0.6 is 0 Å². The quantitative estimate of drug-likeness (QED) is 0.626. The fourth-order valence-corrected chi connectivity index (χ4v) is 3.62. The number of aliphatic hydroxyl groups excluding tert-OH is 1. The van der Waals surface area contributed by atoms with Crippen molar-refractivity contribution in [3.63, 3.8) is 0 Å². The van der Waals surface area contributed by atoms with Crippen molar-refractivity contribution in [2.45, 2.75) is 83.5 Å². The van der Waals surface area contributed by atoms with Crippen LogP contribution in [0.15, 0.2) is 0 Å². The van der Waals surface area contributed by atoms with Crippen LogP contribution in [0.2, 0.25) is 18.1 Å². The molecule has 1 saturated heterocycles. The van der Waals surface area contributed by atoms with Gasteiger partial charge in [0.05, 0.1) is 6.10 Å². The molecule has 0 saturated carbocycles. The molecule has 7 heteroatoms. The molecule has 0 bridgehead atoms. The van der Waals surface area contributed by atoms with Gasteiger partial charge in [0.15, 0.2) is 20.7 Å². The average molecular weight is 334 g/mol. The Morgan fingerprint density at radius 2 is 1.73 bits per heavy atom. The molecular formula is C15H30O6Si. The first-order chi connectivity index (χ1) is 9.90. The summed E-state index contributed by atoms with van der Waals surface area (Å²) in [5.41, 5.74) is 0. The summed E-state index contributed by atoms with van der Waals surface area (Å²) >= 11 is 0. The van der Waals surface area contributed by atoms with E-state index >= 15 is 0 Å². The summed E-state index contributed by atoms with van der Waals surface area (Å²) < 4.78 is 22.6. The van der Waals surface area contributed by atoms with E-state index in [1.54, 1.807) is 0 Å². The van der Waals surface area contributed by atoms with Crippen molar-refractivity contribution in [1.82, 2.24) is 0 Å². The molecule has 0 radical (unpaired) electrons. The van der Waals surface area contributed by atoms with Gasteiger partial charge in [-0.25, -0.2) is 0 Å². The van der Waals surface area contributed by atoms with E-state index in [1.165, 1.54) is 14.0 Å². The van der Waals surface area contributed by atoms with Crippen LogP contribution in [-0.4, -0.2) is 57.2 Å². The zero-order valence-corrected chi connectivity index (χ0v) is 15.9. The van der Waals surface area contributed by atoms with E-state index < -0.39 is 38.9 Å². The summed E-state index contributed by atoms with van der Waals surface area (Å²) in [6, 6.07) is 0. The molecule has 0 aromatic rings. The third-order valence-electron chi connectivity index (χ3n) is 4.56.